The molecule has 140 valence electrons. The van der Waals surface area contributed by atoms with Gasteiger partial charge in [0.1, 0.15) is 5.41 Å². The normalized spacial score (nSPS) is 26.1. The lowest BCUT2D eigenvalue weighted by Crippen LogP contribution is -2.37. The van der Waals surface area contributed by atoms with Crippen LogP contribution in [0.15, 0.2) is 47.3 Å². The van der Waals surface area contributed by atoms with Crippen molar-refractivity contribution in [3.05, 3.63) is 69.6 Å². The number of aromatic nitrogens is 1. The Hall–Kier alpha value is -2.89. The lowest BCUT2D eigenvalue weighted by Gasteiger charge is -2.28. The van der Waals surface area contributed by atoms with E-state index in [9.17, 15) is 19.5 Å². The summed E-state index contributed by atoms with van der Waals surface area (Å²) in [6.45, 7) is 0. The summed E-state index contributed by atoms with van der Waals surface area (Å²) >= 11 is 0. The van der Waals surface area contributed by atoms with Crippen molar-refractivity contribution in [1.29, 1.82) is 0 Å². The predicted octanol–water partition coefficient (Wildman–Crippen LogP) is 1.92. The van der Waals surface area contributed by atoms with E-state index in [1.165, 1.54) is 6.07 Å². The maximum Gasteiger partial charge on any atom is 0.314 e. The number of carboxylic acids is 1. The van der Waals surface area contributed by atoms with Crippen molar-refractivity contribution in [2.24, 2.45) is 13.0 Å². The third-order valence-electron chi connectivity index (χ3n) is 6.02. The number of hydrogen-bond donors (Lipinski definition) is 2. The smallest absolute Gasteiger partial charge is 0.314 e. The highest BCUT2D eigenvalue weighted by Crippen LogP contribution is 2.55. The number of aliphatic carboxylic acids is 1. The quantitative estimate of drug-likeness (QED) is 0.865. The van der Waals surface area contributed by atoms with Crippen molar-refractivity contribution in [1.82, 2.24) is 9.88 Å². The van der Waals surface area contributed by atoms with Gasteiger partial charge in [-0.15, -0.1) is 0 Å². The van der Waals surface area contributed by atoms with Crippen LogP contribution < -0.4 is 10.9 Å². The Morgan fingerprint density at radius 2 is 1.93 bits per heavy atom. The number of carbonyl (C=O) groups is 2. The van der Waals surface area contributed by atoms with Crippen molar-refractivity contribution in [2.45, 2.75) is 37.1 Å². The van der Waals surface area contributed by atoms with E-state index >= 15 is 0 Å². The van der Waals surface area contributed by atoms with Gasteiger partial charge in [0.2, 0.25) is 11.5 Å². The lowest BCUT2D eigenvalue weighted by atomic mass is 9.90. The van der Waals surface area contributed by atoms with Crippen LogP contribution in [0.2, 0.25) is 0 Å². The monoisotopic (exact) mass is 366 g/mol. The van der Waals surface area contributed by atoms with Crippen LogP contribution >= 0.6 is 0 Å². The number of pyridine rings is 1. The number of benzene rings is 1. The maximum atomic E-state index is 12.9. The van der Waals surface area contributed by atoms with Crippen LogP contribution in [0, 0.1) is 5.92 Å². The molecular weight excluding hydrogens is 344 g/mol. The predicted molar refractivity (Wildman–Crippen MR) is 99.4 cm³/mol. The molecule has 2 aromatic rings. The Kier molecular flexibility index (Phi) is 4.13. The fourth-order valence-electron chi connectivity index (χ4n) is 4.37. The van der Waals surface area contributed by atoms with Gasteiger partial charge in [-0.05, 0) is 42.9 Å². The highest BCUT2D eigenvalue weighted by Gasteiger charge is 2.65. The van der Waals surface area contributed by atoms with E-state index in [1.807, 2.05) is 6.07 Å². The van der Waals surface area contributed by atoms with E-state index in [-0.39, 0.29) is 17.5 Å². The molecule has 0 aliphatic heterocycles. The molecular formula is C21H22N2O4. The first-order valence-electron chi connectivity index (χ1n) is 9.23. The van der Waals surface area contributed by atoms with Crippen molar-refractivity contribution >= 4 is 11.9 Å². The van der Waals surface area contributed by atoms with E-state index in [0.717, 1.165) is 30.5 Å². The molecule has 1 heterocycles. The van der Waals surface area contributed by atoms with Crippen LogP contribution in [0.25, 0.3) is 0 Å². The second-order valence-electron chi connectivity index (χ2n) is 7.49. The number of carboxylic acid groups (broad SMARTS) is 1. The standard InChI is InChI=1S/C21H22N2O4/c1-23-17-9-5-8-16(14(17)10-11-18(23)24)22-19(25)15-12-21(15,20(26)27)13-6-3-2-4-7-13/h2-4,6-7,10-11,15-16H,5,8-9,12H2,1H3,(H,22,25)(H,26,27)/t15-,16?,21+/m0/s1. The van der Waals surface area contributed by atoms with E-state index in [0.29, 0.717) is 12.0 Å². The average molecular weight is 366 g/mol. The van der Waals surface area contributed by atoms with Crippen molar-refractivity contribution in [3.63, 3.8) is 0 Å². The van der Waals surface area contributed by atoms with Crippen LogP contribution in [0.5, 0.6) is 0 Å². The second kappa shape index (κ2) is 6.37. The molecule has 0 radical (unpaired) electrons. The van der Waals surface area contributed by atoms with Gasteiger partial charge in [-0.1, -0.05) is 30.3 Å². The van der Waals surface area contributed by atoms with Crippen LogP contribution in [0.1, 0.15) is 42.1 Å². The van der Waals surface area contributed by atoms with E-state index in [2.05, 4.69) is 5.32 Å². The molecule has 1 saturated carbocycles. The maximum absolute atomic E-state index is 12.9. The molecule has 6 heteroatoms. The van der Waals surface area contributed by atoms with Crippen molar-refractivity contribution < 1.29 is 14.7 Å². The van der Waals surface area contributed by atoms with Gasteiger partial charge in [-0.2, -0.15) is 0 Å². The Morgan fingerprint density at radius 1 is 1.19 bits per heavy atom. The summed E-state index contributed by atoms with van der Waals surface area (Å²) in [5.74, 6) is -1.76. The summed E-state index contributed by atoms with van der Waals surface area (Å²) in [7, 11) is 1.75. The minimum absolute atomic E-state index is 0.0584. The van der Waals surface area contributed by atoms with Crippen LogP contribution in [0.4, 0.5) is 0 Å². The Balaban J connectivity index is 1.58. The summed E-state index contributed by atoms with van der Waals surface area (Å²) in [5, 5.41) is 12.8. The van der Waals surface area contributed by atoms with Gasteiger partial charge in [0.15, 0.2) is 0 Å². The highest BCUT2D eigenvalue weighted by atomic mass is 16.4. The summed E-state index contributed by atoms with van der Waals surface area (Å²) < 4.78 is 1.64. The fraction of sp³-hybridized carbons (Fsp3) is 0.381. The summed E-state index contributed by atoms with van der Waals surface area (Å²) in [5.41, 5.74) is 1.38. The zero-order valence-electron chi connectivity index (χ0n) is 15.1. The molecule has 1 aromatic heterocycles. The Morgan fingerprint density at radius 3 is 2.63 bits per heavy atom. The van der Waals surface area contributed by atoms with Crippen LogP contribution in [-0.4, -0.2) is 21.6 Å². The fourth-order valence-corrected chi connectivity index (χ4v) is 4.37. The number of hydrogen-bond acceptors (Lipinski definition) is 3. The highest BCUT2D eigenvalue weighted by molar-refractivity contribution is 5.97. The molecule has 3 atom stereocenters. The Bertz CT molecular complexity index is 966. The van der Waals surface area contributed by atoms with Gasteiger partial charge in [0.05, 0.1) is 12.0 Å². The van der Waals surface area contributed by atoms with Crippen LogP contribution in [0.3, 0.4) is 0 Å². The minimum atomic E-state index is -1.13. The van der Waals surface area contributed by atoms with E-state index < -0.39 is 17.3 Å². The van der Waals surface area contributed by atoms with Gasteiger partial charge < -0.3 is 15.0 Å². The van der Waals surface area contributed by atoms with E-state index in [1.54, 1.807) is 41.9 Å². The summed E-state index contributed by atoms with van der Waals surface area (Å²) in [6, 6.07) is 12.1. The van der Waals surface area contributed by atoms with Gasteiger partial charge in [-0.25, -0.2) is 0 Å². The number of nitrogens with one attached hydrogen (secondary N) is 1. The Labute approximate surface area is 156 Å². The number of fused-ring (bicyclic) bond motifs is 1. The largest absolute Gasteiger partial charge is 0.481 e. The first-order chi connectivity index (χ1) is 12.9. The van der Waals surface area contributed by atoms with E-state index in [4.69, 9.17) is 0 Å². The first-order valence-corrected chi connectivity index (χ1v) is 9.23. The zero-order valence-corrected chi connectivity index (χ0v) is 15.1. The number of amides is 1. The molecule has 1 amide bonds. The molecule has 2 aliphatic rings. The molecule has 0 saturated heterocycles. The van der Waals surface area contributed by atoms with Gasteiger partial charge in [0.25, 0.3) is 0 Å². The molecule has 6 nitrogen and oxygen atoms in total. The molecule has 2 N–H and O–H groups in total. The van der Waals surface area contributed by atoms with Crippen molar-refractivity contribution in [2.75, 3.05) is 0 Å². The van der Waals surface area contributed by atoms with Gasteiger partial charge in [0, 0.05) is 18.8 Å². The minimum Gasteiger partial charge on any atom is -0.481 e. The third kappa shape index (κ3) is 2.76. The first kappa shape index (κ1) is 17.5. The molecule has 2 aliphatic carbocycles. The molecule has 4 rings (SSSR count). The molecule has 1 fully saturated rings. The molecule has 27 heavy (non-hydrogen) atoms. The topological polar surface area (TPSA) is 88.4 Å². The third-order valence-corrected chi connectivity index (χ3v) is 6.02. The molecule has 1 unspecified atom stereocenters. The summed E-state index contributed by atoms with van der Waals surface area (Å²) in [6.07, 6.45) is 2.78. The van der Waals surface area contributed by atoms with Gasteiger partial charge in [-0.3, -0.25) is 14.4 Å². The SMILES string of the molecule is Cn1c2c(ccc1=O)C(NC(=O)[C@@H]1C[C@@]1(C(=O)O)c1ccccc1)CCC2. The lowest BCUT2D eigenvalue weighted by molar-refractivity contribution is -0.142. The second-order valence-corrected chi connectivity index (χ2v) is 7.49. The number of rotatable bonds is 4. The summed E-state index contributed by atoms with van der Waals surface area (Å²) in [4.78, 5) is 36.7. The number of nitrogens with zero attached hydrogens (tertiary/aromatic N) is 1. The number of carbonyl (C=O) groups excluding carboxylic acids is 1. The molecule has 0 bridgehead atoms. The van der Waals surface area contributed by atoms with Crippen LogP contribution in [-0.2, 0) is 28.5 Å². The molecule has 1 aromatic carbocycles. The zero-order chi connectivity index (χ0) is 19.2. The average Bonchev–Trinajstić information content (AvgIpc) is 3.43. The van der Waals surface area contributed by atoms with Gasteiger partial charge >= 0.3 is 5.97 Å². The van der Waals surface area contributed by atoms with Crippen molar-refractivity contribution in [3.8, 4) is 0 Å². The molecule has 0 spiro atoms.